The fraction of sp³-hybridized carbons (Fsp3) is 0.923. The Bertz CT molecular complexity index is 279. The fourth-order valence-corrected chi connectivity index (χ4v) is 2.90. The average Bonchev–Trinajstić information content (AvgIpc) is 2.75. The second kappa shape index (κ2) is 4.94. The zero-order chi connectivity index (χ0) is 12.4. The lowest BCUT2D eigenvalue weighted by molar-refractivity contribution is -0.133. The molecule has 1 heterocycles. The van der Waals surface area contributed by atoms with Crippen LogP contribution >= 0.6 is 0 Å². The van der Waals surface area contributed by atoms with Gasteiger partial charge >= 0.3 is 0 Å². The zero-order valence-electron chi connectivity index (χ0n) is 10.7. The molecule has 0 spiro atoms. The largest absolute Gasteiger partial charge is 0.387 e. The number of carbonyl (C=O) groups excluding carboxylic acids is 1. The van der Waals surface area contributed by atoms with Crippen molar-refractivity contribution in [2.75, 3.05) is 19.6 Å². The molecule has 17 heavy (non-hydrogen) atoms. The molecular weight excluding hydrogens is 216 g/mol. The number of nitrogens with one attached hydrogen (secondary N) is 2. The molecule has 1 atom stereocenters. The van der Waals surface area contributed by atoms with Crippen LogP contribution in [0.5, 0.6) is 0 Å². The third-order valence-corrected chi connectivity index (χ3v) is 4.30. The first-order valence-electron chi connectivity index (χ1n) is 6.76. The van der Waals surface area contributed by atoms with Crippen molar-refractivity contribution in [2.45, 2.75) is 51.0 Å². The summed E-state index contributed by atoms with van der Waals surface area (Å²) in [6, 6.07) is 0. The Morgan fingerprint density at radius 1 is 1.29 bits per heavy atom. The van der Waals surface area contributed by atoms with E-state index in [4.69, 9.17) is 0 Å². The van der Waals surface area contributed by atoms with Gasteiger partial charge in [0.05, 0.1) is 5.60 Å². The molecule has 98 valence electrons. The summed E-state index contributed by atoms with van der Waals surface area (Å²) in [5.41, 5.74) is -0.943. The van der Waals surface area contributed by atoms with E-state index < -0.39 is 5.60 Å². The van der Waals surface area contributed by atoms with Crippen LogP contribution in [0, 0.1) is 5.41 Å². The van der Waals surface area contributed by atoms with Gasteiger partial charge in [-0.2, -0.15) is 0 Å². The van der Waals surface area contributed by atoms with Gasteiger partial charge in [0, 0.05) is 18.5 Å². The van der Waals surface area contributed by atoms with Crippen LogP contribution in [0.15, 0.2) is 0 Å². The molecule has 0 aromatic heterocycles. The van der Waals surface area contributed by atoms with Gasteiger partial charge in [-0.05, 0) is 25.8 Å². The summed E-state index contributed by atoms with van der Waals surface area (Å²) in [5.74, 6) is 0.123. The zero-order valence-corrected chi connectivity index (χ0v) is 10.7. The van der Waals surface area contributed by atoms with E-state index in [2.05, 4.69) is 17.6 Å². The molecule has 1 amide bonds. The minimum atomic E-state index is -0.735. The van der Waals surface area contributed by atoms with Crippen LogP contribution in [-0.4, -0.2) is 36.2 Å². The Morgan fingerprint density at radius 3 is 2.59 bits per heavy atom. The van der Waals surface area contributed by atoms with Crippen molar-refractivity contribution in [3.8, 4) is 0 Å². The summed E-state index contributed by atoms with van der Waals surface area (Å²) in [4.78, 5) is 12.2. The summed E-state index contributed by atoms with van der Waals surface area (Å²) in [6.45, 7) is 3.86. The number of rotatable bonds is 3. The molecule has 2 fully saturated rings. The van der Waals surface area contributed by atoms with Gasteiger partial charge in [-0.3, -0.25) is 4.79 Å². The molecule has 1 saturated carbocycles. The van der Waals surface area contributed by atoms with E-state index >= 15 is 0 Å². The molecule has 1 aliphatic heterocycles. The highest BCUT2D eigenvalue weighted by Crippen LogP contribution is 2.35. The third kappa shape index (κ3) is 2.99. The second-order valence-corrected chi connectivity index (χ2v) is 5.96. The fourth-order valence-electron chi connectivity index (χ4n) is 2.90. The van der Waals surface area contributed by atoms with E-state index in [1.807, 2.05) is 0 Å². The molecule has 2 aliphatic rings. The van der Waals surface area contributed by atoms with Crippen LogP contribution in [0.2, 0.25) is 0 Å². The lowest BCUT2D eigenvalue weighted by atomic mass is 9.75. The summed E-state index contributed by atoms with van der Waals surface area (Å²) in [6.07, 6.45) is 6.23. The van der Waals surface area contributed by atoms with E-state index in [1.54, 1.807) is 0 Å². The molecule has 3 N–H and O–H groups in total. The number of hydrogen-bond acceptors (Lipinski definition) is 3. The van der Waals surface area contributed by atoms with Crippen molar-refractivity contribution in [1.29, 1.82) is 0 Å². The Balaban J connectivity index is 1.84. The minimum absolute atomic E-state index is 0.123. The number of aliphatic hydroxyl groups is 1. The van der Waals surface area contributed by atoms with Gasteiger partial charge in [-0.25, -0.2) is 0 Å². The average molecular weight is 240 g/mol. The van der Waals surface area contributed by atoms with Crippen LogP contribution in [0.3, 0.4) is 0 Å². The van der Waals surface area contributed by atoms with Crippen molar-refractivity contribution < 1.29 is 9.90 Å². The van der Waals surface area contributed by atoms with Crippen LogP contribution < -0.4 is 10.6 Å². The molecule has 0 aromatic rings. The van der Waals surface area contributed by atoms with E-state index in [1.165, 1.54) is 6.42 Å². The van der Waals surface area contributed by atoms with Gasteiger partial charge in [-0.15, -0.1) is 0 Å². The number of hydrogen-bond donors (Lipinski definition) is 3. The Morgan fingerprint density at radius 2 is 2.00 bits per heavy atom. The predicted molar refractivity (Wildman–Crippen MR) is 66.6 cm³/mol. The molecule has 1 unspecified atom stereocenters. The first-order chi connectivity index (χ1) is 8.04. The summed E-state index contributed by atoms with van der Waals surface area (Å²) in [7, 11) is 0. The molecule has 0 bridgehead atoms. The number of carbonyl (C=O) groups is 1. The van der Waals surface area contributed by atoms with Crippen LogP contribution in [-0.2, 0) is 4.79 Å². The topological polar surface area (TPSA) is 61.4 Å². The van der Waals surface area contributed by atoms with Gasteiger partial charge in [0.1, 0.15) is 0 Å². The highest BCUT2D eigenvalue weighted by Gasteiger charge is 2.37. The molecule has 0 radical (unpaired) electrons. The molecule has 2 rings (SSSR count). The lowest BCUT2D eigenvalue weighted by Crippen LogP contribution is -2.49. The predicted octanol–water partition coefficient (Wildman–Crippen LogP) is 0.797. The van der Waals surface area contributed by atoms with Crippen molar-refractivity contribution in [1.82, 2.24) is 10.6 Å². The van der Waals surface area contributed by atoms with Gasteiger partial charge in [0.2, 0.25) is 5.91 Å². The summed E-state index contributed by atoms with van der Waals surface area (Å²) < 4.78 is 0. The molecule has 1 saturated heterocycles. The lowest BCUT2D eigenvalue weighted by Gasteiger charge is -2.33. The van der Waals surface area contributed by atoms with E-state index in [-0.39, 0.29) is 11.3 Å². The van der Waals surface area contributed by atoms with Gasteiger partial charge in [0.25, 0.3) is 0 Å². The van der Waals surface area contributed by atoms with Crippen molar-refractivity contribution in [3.05, 3.63) is 0 Å². The van der Waals surface area contributed by atoms with E-state index in [0.717, 1.165) is 38.6 Å². The first kappa shape index (κ1) is 12.8. The summed E-state index contributed by atoms with van der Waals surface area (Å²) in [5, 5.41) is 16.2. The molecular formula is C13H24N2O2. The van der Waals surface area contributed by atoms with Gasteiger partial charge < -0.3 is 15.7 Å². The third-order valence-electron chi connectivity index (χ3n) is 4.30. The second-order valence-electron chi connectivity index (χ2n) is 5.96. The molecule has 4 heteroatoms. The van der Waals surface area contributed by atoms with Crippen LogP contribution in [0.1, 0.15) is 45.4 Å². The highest BCUT2D eigenvalue weighted by atomic mass is 16.3. The maximum Gasteiger partial charge on any atom is 0.226 e. The molecule has 0 aromatic carbocycles. The van der Waals surface area contributed by atoms with Gasteiger partial charge in [0.15, 0.2) is 0 Å². The van der Waals surface area contributed by atoms with Gasteiger partial charge in [-0.1, -0.05) is 26.2 Å². The van der Waals surface area contributed by atoms with Crippen LogP contribution in [0.4, 0.5) is 0 Å². The number of β-amino-alcohol motifs (C(OH)–C–C–N with tert-alkyl or cyclic N) is 1. The number of amides is 1. The molecule has 4 nitrogen and oxygen atoms in total. The monoisotopic (exact) mass is 240 g/mol. The first-order valence-corrected chi connectivity index (χ1v) is 6.76. The normalized spacial score (nSPS) is 32.4. The van der Waals surface area contributed by atoms with Crippen molar-refractivity contribution in [3.63, 3.8) is 0 Å². The van der Waals surface area contributed by atoms with E-state index in [9.17, 15) is 9.90 Å². The van der Waals surface area contributed by atoms with E-state index in [0.29, 0.717) is 13.1 Å². The SMILES string of the molecule is CC1(C(=O)NCC2(O)CCNC2)CCCCC1. The smallest absolute Gasteiger partial charge is 0.226 e. The standard InChI is InChI=1S/C13H24N2O2/c1-12(5-3-2-4-6-12)11(16)15-10-13(17)7-8-14-9-13/h14,17H,2-10H2,1H3,(H,15,16). The van der Waals surface area contributed by atoms with Crippen molar-refractivity contribution >= 4 is 5.91 Å². The minimum Gasteiger partial charge on any atom is -0.387 e. The summed E-state index contributed by atoms with van der Waals surface area (Å²) >= 11 is 0. The van der Waals surface area contributed by atoms with Crippen LogP contribution in [0.25, 0.3) is 0 Å². The maximum atomic E-state index is 12.2. The Kier molecular flexibility index (Phi) is 3.73. The Hall–Kier alpha value is -0.610. The Labute approximate surface area is 103 Å². The molecule has 1 aliphatic carbocycles. The quantitative estimate of drug-likeness (QED) is 0.684. The maximum absolute atomic E-state index is 12.2. The highest BCUT2D eigenvalue weighted by molar-refractivity contribution is 5.82. The van der Waals surface area contributed by atoms with Crippen molar-refractivity contribution in [2.24, 2.45) is 5.41 Å².